The molecule has 0 aliphatic heterocycles. The first-order valence-electron chi connectivity index (χ1n) is 5.26. The summed E-state index contributed by atoms with van der Waals surface area (Å²) in [5.74, 6) is 0.742. The van der Waals surface area contributed by atoms with Gasteiger partial charge in [0, 0.05) is 27.1 Å². The lowest BCUT2D eigenvalue weighted by molar-refractivity contribution is -0.128. The maximum Gasteiger partial charge on any atom is 0.223 e. The van der Waals surface area contributed by atoms with Crippen LogP contribution in [0.4, 0.5) is 5.82 Å². The average Bonchev–Trinajstić information content (AvgIpc) is 2.77. The highest BCUT2D eigenvalue weighted by Crippen LogP contribution is 2.13. The maximum atomic E-state index is 11.4. The van der Waals surface area contributed by atoms with Gasteiger partial charge in [0.25, 0.3) is 0 Å². The van der Waals surface area contributed by atoms with Crippen molar-refractivity contribution in [2.24, 2.45) is 0 Å². The molecule has 7 nitrogen and oxygen atoms in total. The van der Waals surface area contributed by atoms with Crippen LogP contribution in [0.2, 0.25) is 0 Å². The number of imidazole rings is 1. The third-order valence-electron chi connectivity index (χ3n) is 2.35. The third kappa shape index (κ3) is 2.49. The molecule has 0 atom stereocenters. The molecule has 17 heavy (non-hydrogen) atoms. The van der Waals surface area contributed by atoms with Crippen molar-refractivity contribution in [3.8, 4) is 0 Å². The predicted molar refractivity (Wildman–Crippen MR) is 63.5 cm³/mol. The van der Waals surface area contributed by atoms with Gasteiger partial charge in [0.05, 0.1) is 6.33 Å². The summed E-state index contributed by atoms with van der Waals surface area (Å²) in [5.41, 5.74) is 1.37. The normalized spacial score (nSPS) is 10.5. The highest BCUT2D eigenvalue weighted by atomic mass is 16.2. The van der Waals surface area contributed by atoms with E-state index in [1.54, 1.807) is 25.3 Å². The van der Waals surface area contributed by atoms with E-state index < -0.39 is 0 Å². The number of rotatable bonds is 4. The van der Waals surface area contributed by atoms with Gasteiger partial charge >= 0.3 is 0 Å². The molecular weight excluding hydrogens is 220 g/mol. The lowest BCUT2D eigenvalue weighted by Gasteiger charge is -2.10. The number of carbonyl (C=O) groups is 1. The summed E-state index contributed by atoms with van der Waals surface area (Å²) in [4.78, 5) is 28.0. The zero-order valence-electron chi connectivity index (χ0n) is 9.77. The summed E-state index contributed by atoms with van der Waals surface area (Å²) in [6, 6.07) is 0. The summed E-state index contributed by atoms with van der Waals surface area (Å²) < 4.78 is 0. The van der Waals surface area contributed by atoms with Crippen LogP contribution in [0.5, 0.6) is 0 Å². The Labute approximate surface area is 98.3 Å². The van der Waals surface area contributed by atoms with Crippen molar-refractivity contribution in [2.45, 2.75) is 6.42 Å². The third-order valence-corrected chi connectivity index (χ3v) is 2.35. The molecule has 2 heterocycles. The average molecular weight is 234 g/mol. The van der Waals surface area contributed by atoms with Gasteiger partial charge in [0.2, 0.25) is 5.91 Å². The van der Waals surface area contributed by atoms with Gasteiger partial charge in [0.15, 0.2) is 11.5 Å². The minimum Gasteiger partial charge on any atom is -0.368 e. The molecule has 0 radical (unpaired) electrons. The molecule has 2 aromatic heterocycles. The number of carbonyl (C=O) groups excluding carboxylic acids is 1. The number of hydrogen-bond donors (Lipinski definition) is 2. The second-order valence-electron chi connectivity index (χ2n) is 3.79. The molecule has 0 aliphatic rings. The van der Waals surface area contributed by atoms with Crippen LogP contribution in [0, 0.1) is 0 Å². The molecule has 0 saturated heterocycles. The number of fused-ring (bicyclic) bond motifs is 1. The molecule has 7 heteroatoms. The van der Waals surface area contributed by atoms with E-state index in [1.807, 2.05) is 0 Å². The minimum absolute atomic E-state index is 0.0763. The number of aromatic amines is 1. The number of nitrogens with zero attached hydrogens (tertiary/aromatic N) is 4. The van der Waals surface area contributed by atoms with Crippen molar-refractivity contribution in [3.63, 3.8) is 0 Å². The first-order chi connectivity index (χ1) is 8.18. The number of aromatic nitrogens is 4. The lowest BCUT2D eigenvalue weighted by atomic mass is 10.3. The van der Waals surface area contributed by atoms with Gasteiger partial charge in [-0.2, -0.15) is 0 Å². The van der Waals surface area contributed by atoms with E-state index in [-0.39, 0.29) is 5.91 Å². The Morgan fingerprint density at radius 1 is 1.41 bits per heavy atom. The number of anilines is 1. The first kappa shape index (κ1) is 11.3. The monoisotopic (exact) mass is 234 g/mol. The Balaban J connectivity index is 1.99. The summed E-state index contributed by atoms with van der Waals surface area (Å²) >= 11 is 0. The number of nitrogens with one attached hydrogen (secondary N) is 2. The van der Waals surface area contributed by atoms with Crippen molar-refractivity contribution in [2.75, 3.05) is 26.0 Å². The van der Waals surface area contributed by atoms with Crippen molar-refractivity contribution in [1.82, 2.24) is 24.8 Å². The molecule has 0 unspecified atom stereocenters. The Bertz CT molecular complexity index is 520. The van der Waals surface area contributed by atoms with E-state index in [2.05, 4.69) is 25.3 Å². The van der Waals surface area contributed by atoms with E-state index in [1.165, 1.54) is 6.33 Å². The quantitative estimate of drug-likeness (QED) is 0.791. The summed E-state index contributed by atoms with van der Waals surface area (Å²) in [6.07, 6.45) is 3.43. The molecule has 2 N–H and O–H groups in total. The van der Waals surface area contributed by atoms with Crippen molar-refractivity contribution >= 4 is 22.9 Å². The topological polar surface area (TPSA) is 86.8 Å². The van der Waals surface area contributed by atoms with Crippen LogP contribution in [-0.2, 0) is 4.79 Å². The Morgan fingerprint density at radius 2 is 2.24 bits per heavy atom. The fourth-order valence-electron chi connectivity index (χ4n) is 1.41. The van der Waals surface area contributed by atoms with Gasteiger partial charge in [-0.3, -0.25) is 4.79 Å². The van der Waals surface area contributed by atoms with E-state index in [0.29, 0.717) is 24.4 Å². The van der Waals surface area contributed by atoms with Crippen molar-refractivity contribution in [3.05, 3.63) is 12.7 Å². The second-order valence-corrected chi connectivity index (χ2v) is 3.79. The molecule has 0 spiro atoms. The molecule has 0 bridgehead atoms. The van der Waals surface area contributed by atoms with Crippen LogP contribution in [0.3, 0.4) is 0 Å². The fourth-order valence-corrected chi connectivity index (χ4v) is 1.41. The molecule has 0 saturated carbocycles. The Hall–Kier alpha value is -2.18. The van der Waals surface area contributed by atoms with E-state index >= 15 is 0 Å². The van der Waals surface area contributed by atoms with Crippen LogP contribution in [-0.4, -0.2) is 51.4 Å². The minimum atomic E-state index is 0.0763. The van der Waals surface area contributed by atoms with Gasteiger partial charge in [-0.1, -0.05) is 0 Å². The molecule has 0 fully saturated rings. The first-order valence-corrected chi connectivity index (χ1v) is 5.26. The van der Waals surface area contributed by atoms with Crippen molar-refractivity contribution in [1.29, 1.82) is 0 Å². The van der Waals surface area contributed by atoms with Gasteiger partial charge in [0.1, 0.15) is 11.8 Å². The van der Waals surface area contributed by atoms with Crippen LogP contribution < -0.4 is 5.32 Å². The van der Waals surface area contributed by atoms with Crippen LogP contribution >= 0.6 is 0 Å². The highest BCUT2D eigenvalue weighted by molar-refractivity contribution is 5.82. The van der Waals surface area contributed by atoms with E-state index in [0.717, 1.165) is 5.52 Å². The number of hydrogen-bond acceptors (Lipinski definition) is 5. The molecular formula is C10H14N6O. The van der Waals surface area contributed by atoms with Gasteiger partial charge in [-0.25, -0.2) is 15.0 Å². The second kappa shape index (κ2) is 4.77. The van der Waals surface area contributed by atoms with Crippen LogP contribution in [0.25, 0.3) is 11.2 Å². The van der Waals surface area contributed by atoms with Crippen LogP contribution in [0.1, 0.15) is 6.42 Å². The Kier molecular flexibility index (Phi) is 3.17. The predicted octanol–water partition coefficient (Wildman–Crippen LogP) is 0.243. The largest absolute Gasteiger partial charge is 0.368 e. The van der Waals surface area contributed by atoms with E-state index in [4.69, 9.17) is 0 Å². The summed E-state index contributed by atoms with van der Waals surface area (Å²) in [6.45, 7) is 0.530. The molecule has 0 aromatic carbocycles. The molecule has 2 aromatic rings. The molecule has 0 aliphatic carbocycles. The van der Waals surface area contributed by atoms with Gasteiger partial charge in [-0.05, 0) is 0 Å². The molecule has 1 amide bonds. The zero-order chi connectivity index (χ0) is 12.3. The highest BCUT2D eigenvalue weighted by Gasteiger charge is 2.07. The Morgan fingerprint density at radius 3 is 3.00 bits per heavy atom. The smallest absolute Gasteiger partial charge is 0.223 e. The zero-order valence-corrected chi connectivity index (χ0v) is 9.77. The fraction of sp³-hybridized carbons (Fsp3) is 0.400. The maximum absolute atomic E-state index is 11.4. The van der Waals surface area contributed by atoms with Gasteiger partial charge < -0.3 is 15.2 Å². The standard InChI is InChI=1S/C10H14N6O/c1-16(2)7(17)3-4-11-9-8-10(13-5-12-8)15-6-14-9/h5-6H,3-4H2,1-2H3,(H2,11,12,13,14,15). The van der Waals surface area contributed by atoms with Crippen molar-refractivity contribution < 1.29 is 4.79 Å². The van der Waals surface area contributed by atoms with Gasteiger partial charge in [-0.15, -0.1) is 0 Å². The molecule has 90 valence electrons. The number of amides is 1. The number of H-pyrrole nitrogens is 1. The summed E-state index contributed by atoms with van der Waals surface area (Å²) in [5, 5.41) is 3.09. The summed E-state index contributed by atoms with van der Waals surface area (Å²) in [7, 11) is 3.47. The lowest BCUT2D eigenvalue weighted by Crippen LogP contribution is -2.24. The SMILES string of the molecule is CN(C)C(=O)CCNc1ncnc2nc[nH]c12. The molecule has 2 rings (SSSR count). The van der Waals surface area contributed by atoms with E-state index in [9.17, 15) is 4.79 Å². The van der Waals surface area contributed by atoms with Crippen LogP contribution in [0.15, 0.2) is 12.7 Å².